The summed E-state index contributed by atoms with van der Waals surface area (Å²) in [5.41, 5.74) is -0.532. The molecule has 2 aromatic heterocycles. The van der Waals surface area contributed by atoms with Crippen molar-refractivity contribution in [2.45, 2.75) is 25.1 Å². The van der Waals surface area contributed by atoms with E-state index in [1.54, 1.807) is 18.1 Å². The van der Waals surface area contributed by atoms with E-state index >= 15 is 0 Å². The van der Waals surface area contributed by atoms with Gasteiger partial charge in [-0.15, -0.1) is 5.10 Å². The van der Waals surface area contributed by atoms with Crippen LogP contribution in [0.3, 0.4) is 0 Å². The van der Waals surface area contributed by atoms with Crippen molar-refractivity contribution in [1.82, 2.24) is 24.9 Å². The van der Waals surface area contributed by atoms with E-state index in [0.29, 0.717) is 25.9 Å². The minimum atomic E-state index is -4.42. The number of rotatable bonds is 3. The molecular formula is C15H16F3N5O2. The number of halogens is 3. The number of aryl methyl sites for hydroxylation is 1. The Hall–Kier alpha value is -2.65. The van der Waals surface area contributed by atoms with Gasteiger partial charge in [0.05, 0.1) is 11.8 Å². The summed E-state index contributed by atoms with van der Waals surface area (Å²) in [6, 6.07) is 2.15. The van der Waals surface area contributed by atoms with Crippen LogP contribution in [0.25, 0.3) is 0 Å². The maximum absolute atomic E-state index is 12.5. The lowest BCUT2D eigenvalue weighted by Gasteiger charge is -2.31. The second-order valence-corrected chi connectivity index (χ2v) is 5.77. The first-order valence-corrected chi connectivity index (χ1v) is 7.68. The number of carbonyl (C=O) groups excluding carboxylic acids is 1. The zero-order valence-corrected chi connectivity index (χ0v) is 13.4. The monoisotopic (exact) mass is 355 g/mol. The Balaban J connectivity index is 1.53. The molecule has 0 aliphatic carbocycles. The zero-order valence-electron chi connectivity index (χ0n) is 13.4. The second-order valence-electron chi connectivity index (χ2n) is 5.77. The van der Waals surface area contributed by atoms with E-state index in [2.05, 4.69) is 15.3 Å². The second kappa shape index (κ2) is 6.69. The van der Waals surface area contributed by atoms with Gasteiger partial charge in [0.2, 0.25) is 5.88 Å². The summed E-state index contributed by atoms with van der Waals surface area (Å²) >= 11 is 0. The minimum Gasteiger partial charge on any atom is -0.474 e. The number of piperidine rings is 1. The Morgan fingerprint density at radius 1 is 1.28 bits per heavy atom. The van der Waals surface area contributed by atoms with Crippen LogP contribution in [-0.4, -0.2) is 50.0 Å². The van der Waals surface area contributed by atoms with Crippen molar-refractivity contribution in [1.29, 1.82) is 0 Å². The van der Waals surface area contributed by atoms with Crippen LogP contribution in [0.4, 0.5) is 13.2 Å². The standard InChI is InChI=1S/C15H16F3N5O2/c1-22-9-12(20-21-22)14(24)23-6-4-11(5-7-23)25-13-3-2-10(8-19-13)15(16,17)18/h2-3,8-9,11H,4-7H2,1H3. The lowest BCUT2D eigenvalue weighted by molar-refractivity contribution is -0.137. The summed E-state index contributed by atoms with van der Waals surface area (Å²) in [7, 11) is 1.68. The van der Waals surface area contributed by atoms with Gasteiger partial charge in [-0.3, -0.25) is 9.48 Å². The van der Waals surface area contributed by atoms with Crippen molar-refractivity contribution in [3.05, 3.63) is 35.8 Å². The highest BCUT2D eigenvalue weighted by Crippen LogP contribution is 2.29. The van der Waals surface area contributed by atoms with E-state index < -0.39 is 11.7 Å². The van der Waals surface area contributed by atoms with Crippen LogP contribution < -0.4 is 4.74 Å². The molecule has 7 nitrogen and oxygen atoms in total. The first kappa shape index (κ1) is 17.2. The number of hydrogen-bond donors (Lipinski definition) is 0. The van der Waals surface area contributed by atoms with Gasteiger partial charge in [-0.1, -0.05) is 5.21 Å². The Morgan fingerprint density at radius 2 is 2.00 bits per heavy atom. The predicted molar refractivity (Wildman–Crippen MR) is 79.8 cm³/mol. The maximum atomic E-state index is 12.5. The van der Waals surface area contributed by atoms with E-state index in [-0.39, 0.29) is 23.6 Å². The molecule has 1 aliphatic heterocycles. The average Bonchev–Trinajstić information content (AvgIpc) is 3.01. The molecule has 0 spiro atoms. The molecule has 10 heteroatoms. The molecule has 0 radical (unpaired) electrons. The third-order valence-electron chi connectivity index (χ3n) is 3.90. The van der Waals surface area contributed by atoms with Crippen molar-refractivity contribution in [3.63, 3.8) is 0 Å². The van der Waals surface area contributed by atoms with E-state index in [1.807, 2.05) is 0 Å². The van der Waals surface area contributed by atoms with Gasteiger partial charge < -0.3 is 9.64 Å². The number of ether oxygens (including phenoxy) is 1. The number of hydrogen-bond acceptors (Lipinski definition) is 5. The number of carbonyl (C=O) groups is 1. The highest BCUT2D eigenvalue weighted by molar-refractivity contribution is 5.91. The summed E-state index contributed by atoms with van der Waals surface area (Å²) in [4.78, 5) is 17.6. The highest BCUT2D eigenvalue weighted by Gasteiger charge is 2.31. The summed E-state index contributed by atoms with van der Waals surface area (Å²) < 4.78 is 44.6. The SMILES string of the molecule is Cn1cc(C(=O)N2CCC(Oc3ccc(C(F)(F)F)cn3)CC2)nn1. The van der Waals surface area contributed by atoms with Crippen molar-refractivity contribution in [3.8, 4) is 5.88 Å². The molecular weight excluding hydrogens is 339 g/mol. The summed E-state index contributed by atoms with van der Waals surface area (Å²) in [5, 5.41) is 7.53. The number of aromatic nitrogens is 4. The number of nitrogens with zero attached hydrogens (tertiary/aromatic N) is 5. The Bertz CT molecular complexity index is 736. The molecule has 1 fully saturated rings. The molecule has 0 unspecified atom stereocenters. The predicted octanol–water partition coefficient (Wildman–Crippen LogP) is 1.91. The van der Waals surface area contributed by atoms with E-state index in [0.717, 1.165) is 12.3 Å². The number of pyridine rings is 1. The number of likely N-dealkylation sites (tertiary alicyclic amines) is 1. The molecule has 2 aromatic rings. The number of alkyl halides is 3. The zero-order chi connectivity index (χ0) is 18.0. The first-order chi connectivity index (χ1) is 11.8. The van der Waals surface area contributed by atoms with Gasteiger partial charge in [0.15, 0.2) is 5.69 Å². The molecule has 3 rings (SSSR count). The molecule has 0 N–H and O–H groups in total. The molecule has 1 saturated heterocycles. The Kier molecular flexibility index (Phi) is 4.60. The van der Waals surface area contributed by atoms with Gasteiger partial charge in [-0.25, -0.2) is 4.98 Å². The molecule has 1 aliphatic rings. The molecule has 0 saturated carbocycles. The summed E-state index contributed by atoms with van der Waals surface area (Å²) in [6.45, 7) is 0.946. The third kappa shape index (κ3) is 4.06. The van der Waals surface area contributed by atoms with Crippen LogP contribution in [0.15, 0.2) is 24.5 Å². The Labute approximate surface area is 141 Å². The van der Waals surface area contributed by atoms with E-state index in [4.69, 9.17) is 4.74 Å². The van der Waals surface area contributed by atoms with Gasteiger partial charge in [-0.05, 0) is 6.07 Å². The van der Waals surface area contributed by atoms with Gasteiger partial charge in [-0.2, -0.15) is 13.2 Å². The van der Waals surface area contributed by atoms with Crippen LogP contribution in [0, 0.1) is 0 Å². The third-order valence-corrected chi connectivity index (χ3v) is 3.90. The normalized spacial score (nSPS) is 16.1. The quantitative estimate of drug-likeness (QED) is 0.841. The van der Waals surface area contributed by atoms with Crippen LogP contribution in [-0.2, 0) is 13.2 Å². The van der Waals surface area contributed by atoms with Crippen LogP contribution in [0.2, 0.25) is 0 Å². The molecule has 3 heterocycles. The van der Waals surface area contributed by atoms with Crippen LogP contribution >= 0.6 is 0 Å². The molecule has 1 amide bonds. The van der Waals surface area contributed by atoms with Gasteiger partial charge in [0, 0.05) is 45.2 Å². The van der Waals surface area contributed by atoms with Crippen molar-refractivity contribution >= 4 is 5.91 Å². The van der Waals surface area contributed by atoms with Crippen molar-refractivity contribution < 1.29 is 22.7 Å². The first-order valence-electron chi connectivity index (χ1n) is 7.68. The smallest absolute Gasteiger partial charge is 0.417 e. The summed E-state index contributed by atoms with van der Waals surface area (Å²) in [5.74, 6) is -0.0501. The lowest BCUT2D eigenvalue weighted by atomic mass is 10.1. The van der Waals surface area contributed by atoms with Gasteiger partial charge >= 0.3 is 6.18 Å². The molecule has 134 valence electrons. The topological polar surface area (TPSA) is 73.1 Å². The Morgan fingerprint density at radius 3 is 2.52 bits per heavy atom. The van der Waals surface area contributed by atoms with Crippen LogP contribution in [0.1, 0.15) is 28.9 Å². The fraction of sp³-hybridized carbons (Fsp3) is 0.467. The van der Waals surface area contributed by atoms with Crippen molar-refractivity contribution in [2.75, 3.05) is 13.1 Å². The largest absolute Gasteiger partial charge is 0.474 e. The maximum Gasteiger partial charge on any atom is 0.417 e. The molecule has 0 bridgehead atoms. The summed E-state index contributed by atoms with van der Waals surface area (Å²) in [6.07, 6.45) is -1.18. The highest BCUT2D eigenvalue weighted by atomic mass is 19.4. The van der Waals surface area contributed by atoms with Crippen LogP contribution in [0.5, 0.6) is 5.88 Å². The fourth-order valence-corrected chi connectivity index (χ4v) is 2.57. The van der Waals surface area contributed by atoms with Gasteiger partial charge in [0.1, 0.15) is 6.10 Å². The van der Waals surface area contributed by atoms with E-state index in [9.17, 15) is 18.0 Å². The molecule has 0 atom stereocenters. The number of amides is 1. The molecule has 0 aromatic carbocycles. The fourth-order valence-electron chi connectivity index (χ4n) is 2.57. The average molecular weight is 355 g/mol. The lowest BCUT2D eigenvalue weighted by Crippen LogP contribution is -2.42. The van der Waals surface area contributed by atoms with E-state index in [1.165, 1.54) is 10.7 Å². The molecule has 25 heavy (non-hydrogen) atoms. The van der Waals surface area contributed by atoms with Gasteiger partial charge in [0.25, 0.3) is 5.91 Å². The van der Waals surface area contributed by atoms with Crippen molar-refractivity contribution in [2.24, 2.45) is 7.05 Å². The minimum absolute atomic E-state index is 0.145.